The number of fused-ring (bicyclic) bond motifs is 9. The Morgan fingerprint density at radius 1 is 1.11 bits per heavy atom. The summed E-state index contributed by atoms with van der Waals surface area (Å²) in [7, 11) is 2.06. The minimum Gasteiger partial charge on any atom is -0.341 e. The van der Waals surface area contributed by atoms with Gasteiger partial charge in [-0.3, -0.25) is 4.79 Å². The molecule has 2 heteroatoms. The predicted octanol–water partition coefficient (Wildman–Crippen LogP) is 3.50. The van der Waals surface area contributed by atoms with Crippen LogP contribution >= 0.6 is 0 Å². The van der Waals surface area contributed by atoms with Crippen LogP contribution in [-0.2, 0) is 7.05 Å². The van der Waals surface area contributed by atoms with Crippen LogP contribution in [0.15, 0.2) is 24.3 Å². The largest absolute Gasteiger partial charge is 0.341 e. The minimum atomic E-state index is 0.319. The molecule has 1 aromatic heterocycles. The van der Waals surface area contributed by atoms with Gasteiger partial charge in [0.15, 0.2) is 5.78 Å². The third-order valence-corrected chi connectivity index (χ3v) is 5.93. The highest BCUT2D eigenvalue weighted by Gasteiger charge is 2.57. The van der Waals surface area contributed by atoms with Crippen molar-refractivity contribution in [2.24, 2.45) is 24.8 Å². The highest BCUT2D eigenvalue weighted by Crippen LogP contribution is 2.62. The SMILES string of the molecule is Cn1c2c(c3ccccc31)C1C3CCC(C3)C1C2=O. The molecule has 2 saturated carbocycles. The molecule has 3 aliphatic carbocycles. The lowest BCUT2D eigenvalue weighted by Gasteiger charge is -2.24. The van der Waals surface area contributed by atoms with Crippen molar-refractivity contribution in [3.8, 4) is 0 Å². The molecule has 4 unspecified atom stereocenters. The van der Waals surface area contributed by atoms with E-state index in [1.807, 2.05) is 0 Å². The Hall–Kier alpha value is -1.57. The zero-order chi connectivity index (χ0) is 12.7. The zero-order valence-electron chi connectivity index (χ0n) is 11.1. The smallest absolute Gasteiger partial charge is 0.183 e. The first kappa shape index (κ1) is 10.2. The van der Waals surface area contributed by atoms with E-state index in [0.29, 0.717) is 23.5 Å². The molecular weight excluding hydrogens is 234 g/mol. The lowest BCUT2D eigenvalue weighted by atomic mass is 9.79. The van der Waals surface area contributed by atoms with E-state index in [9.17, 15) is 4.79 Å². The van der Waals surface area contributed by atoms with Gasteiger partial charge in [-0.2, -0.15) is 0 Å². The Balaban J connectivity index is 1.87. The van der Waals surface area contributed by atoms with Crippen molar-refractivity contribution >= 4 is 16.7 Å². The first-order chi connectivity index (χ1) is 9.27. The number of carbonyl (C=O) groups is 1. The second-order valence-corrected chi connectivity index (χ2v) is 6.59. The standard InChI is InChI=1S/C17H17NO/c1-18-12-5-3-2-4-11(12)15-13-9-6-7-10(8-9)14(13)17(19)16(15)18/h2-5,9-10,13-14H,6-8H2,1H3. The number of rotatable bonds is 0. The molecule has 1 heterocycles. The van der Waals surface area contributed by atoms with Crippen LogP contribution in [0.25, 0.3) is 10.9 Å². The van der Waals surface area contributed by atoms with Gasteiger partial charge in [0.1, 0.15) is 0 Å². The molecule has 5 rings (SSSR count). The number of carbonyl (C=O) groups excluding carboxylic acids is 1. The van der Waals surface area contributed by atoms with Gasteiger partial charge >= 0.3 is 0 Å². The third-order valence-electron chi connectivity index (χ3n) is 5.93. The first-order valence-electron chi connectivity index (χ1n) is 7.39. The molecule has 1 aromatic carbocycles. The molecular formula is C17H17NO. The Bertz CT molecular complexity index is 726. The van der Waals surface area contributed by atoms with Crippen LogP contribution in [0.3, 0.4) is 0 Å². The highest BCUT2D eigenvalue weighted by atomic mass is 16.1. The molecule has 0 radical (unpaired) electrons. The maximum atomic E-state index is 12.8. The number of ketones is 1. The molecule has 2 aromatic rings. The van der Waals surface area contributed by atoms with Gasteiger partial charge in [0.05, 0.1) is 5.69 Å². The van der Waals surface area contributed by atoms with E-state index < -0.39 is 0 Å². The van der Waals surface area contributed by atoms with Crippen LogP contribution in [0.5, 0.6) is 0 Å². The molecule has 2 bridgehead atoms. The molecule has 0 N–H and O–H groups in total. The van der Waals surface area contributed by atoms with Crippen LogP contribution in [0.2, 0.25) is 0 Å². The molecule has 4 atom stereocenters. The van der Waals surface area contributed by atoms with E-state index in [-0.39, 0.29) is 0 Å². The lowest BCUT2D eigenvalue weighted by molar-refractivity contribution is 0.0876. The van der Waals surface area contributed by atoms with Crippen molar-refractivity contribution in [3.05, 3.63) is 35.5 Å². The van der Waals surface area contributed by atoms with Crippen molar-refractivity contribution in [2.45, 2.75) is 25.2 Å². The molecule has 0 spiro atoms. The van der Waals surface area contributed by atoms with E-state index in [2.05, 4.69) is 35.9 Å². The first-order valence-corrected chi connectivity index (χ1v) is 7.39. The quantitative estimate of drug-likeness (QED) is 0.702. The number of Topliss-reactive ketones (excluding diaryl/α,β-unsaturated/α-hetero) is 1. The normalized spacial score (nSPS) is 35.1. The second-order valence-electron chi connectivity index (χ2n) is 6.59. The number of hydrogen-bond donors (Lipinski definition) is 0. The van der Waals surface area contributed by atoms with E-state index in [1.54, 1.807) is 0 Å². The minimum absolute atomic E-state index is 0.319. The summed E-state index contributed by atoms with van der Waals surface area (Å²) in [6, 6.07) is 8.52. The van der Waals surface area contributed by atoms with Gasteiger partial charge in [0.2, 0.25) is 0 Å². The molecule has 2 fully saturated rings. The van der Waals surface area contributed by atoms with Crippen LogP contribution < -0.4 is 0 Å². The summed E-state index contributed by atoms with van der Waals surface area (Å²) in [4.78, 5) is 12.8. The number of aromatic nitrogens is 1. The summed E-state index contributed by atoms with van der Waals surface area (Å²) in [6.45, 7) is 0. The van der Waals surface area contributed by atoms with Crippen LogP contribution in [0.1, 0.15) is 41.2 Å². The van der Waals surface area contributed by atoms with Gasteiger partial charge < -0.3 is 4.57 Å². The van der Waals surface area contributed by atoms with Gasteiger partial charge in [-0.05, 0) is 48.6 Å². The van der Waals surface area contributed by atoms with E-state index in [4.69, 9.17) is 0 Å². The average Bonchev–Trinajstić information content (AvgIpc) is 3.13. The van der Waals surface area contributed by atoms with Gasteiger partial charge in [0, 0.05) is 23.9 Å². The van der Waals surface area contributed by atoms with Gasteiger partial charge in [0.25, 0.3) is 0 Å². The van der Waals surface area contributed by atoms with Crippen molar-refractivity contribution in [1.82, 2.24) is 4.57 Å². The number of aryl methyl sites for hydroxylation is 1. The summed E-state index contributed by atoms with van der Waals surface area (Å²) >= 11 is 0. The molecule has 2 nitrogen and oxygen atoms in total. The molecule has 19 heavy (non-hydrogen) atoms. The van der Waals surface area contributed by atoms with E-state index >= 15 is 0 Å². The van der Waals surface area contributed by atoms with E-state index in [1.165, 1.54) is 35.7 Å². The Morgan fingerprint density at radius 2 is 1.84 bits per heavy atom. The van der Waals surface area contributed by atoms with Crippen molar-refractivity contribution < 1.29 is 4.79 Å². The number of benzene rings is 1. The number of nitrogens with zero attached hydrogens (tertiary/aromatic N) is 1. The van der Waals surface area contributed by atoms with Crippen molar-refractivity contribution in [2.75, 3.05) is 0 Å². The van der Waals surface area contributed by atoms with Crippen molar-refractivity contribution in [3.63, 3.8) is 0 Å². The highest BCUT2D eigenvalue weighted by molar-refractivity contribution is 6.09. The zero-order valence-corrected chi connectivity index (χ0v) is 11.1. The topological polar surface area (TPSA) is 22.0 Å². The maximum Gasteiger partial charge on any atom is 0.183 e. The Labute approximate surface area is 112 Å². The summed E-state index contributed by atoms with van der Waals surface area (Å²) in [5.41, 5.74) is 3.63. The molecule has 0 aliphatic heterocycles. The van der Waals surface area contributed by atoms with E-state index in [0.717, 1.165) is 11.6 Å². The Kier molecular flexibility index (Phi) is 1.68. The van der Waals surface area contributed by atoms with Gasteiger partial charge in [-0.25, -0.2) is 0 Å². The Morgan fingerprint density at radius 3 is 2.68 bits per heavy atom. The van der Waals surface area contributed by atoms with Crippen LogP contribution in [-0.4, -0.2) is 10.4 Å². The fourth-order valence-corrected chi connectivity index (χ4v) is 5.30. The molecule has 0 amide bonds. The van der Waals surface area contributed by atoms with Gasteiger partial charge in [-0.15, -0.1) is 0 Å². The summed E-state index contributed by atoms with van der Waals surface area (Å²) in [5.74, 6) is 2.73. The summed E-state index contributed by atoms with van der Waals surface area (Å²) in [6.07, 6.45) is 3.91. The van der Waals surface area contributed by atoms with Gasteiger partial charge in [-0.1, -0.05) is 18.2 Å². The maximum absolute atomic E-state index is 12.8. The fraction of sp³-hybridized carbons (Fsp3) is 0.471. The number of para-hydroxylation sites is 1. The second kappa shape index (κ2) is 3.12. The lowest BCUT2D eigenvalue weighted by Crippen LogP contribution is -2.22. The molecule has 96 valence electrons. The average molecular weight is 251 g/mol. The fourth-order valence-electron chi connectivity index (χ4n) is 5.30. The number of hydrogen-bond acceptors (Lipinski definition) is 1. The van der Waals surface area contributed by atoms with Crippen LogP contribution in [0, 0.1) is 17.8 Å². The summed E-state index contributed by atoms with van der Waals surface area (Å²) < 4.78 is 2.14. The van der Waals surface area contributed by atoms with Crippen LogP contribution in [0.4, 0.5) is 0 Å². The van der Waals surface area contributed by atoms with Crippen molar-refractivity contribution in [1.29, 1.82) is 0 Å². The third kappa shape index (κ3) is 1.00. The predicted molar refractivity (Wildman–Crippen MR) is 74.3 cm³/mol. The molecule has 3 aliphatic rings. The monoisotopic (exact) mass is 251 g/mol. The molecule has 0 saturated heterocycles. The summed E-state index contributed by atoms with van der Waals surface area (Å²) in [5, 5.41) is 1.33.